The standard InChI is InChI=1S/C20H30N4O2S/c1-5-21-20(23-12-10-19-24-15(2)16(3)27-19)22-11-7-13-26-18-9-6-8-17(14-18)25-4/h6,8-9,14H,5,7,10-13H2,1-4H3,(H2,21,22,23). The van der Waals surface area contributed by atoms with Gasteiger partial charge >= 0.3 is 0 Å². The molecule has 0 fully saturated rings. The first kappa shape index (κ1) is 21.0. The van der Waals surface area contributed by atoms with Crippen molar-refractivity contribution in [1.82, 2.24) is 15.6 Å². The molecule has 0 aliphatic carbocycles. The van der Waals surface area contributed by atoms with Crippen LogP contribution in [0.5, 0.6) is 11.5 Å². The second-order valence-corrected chi connectivity index (χ2v) is 7.36. The summed E-state index contributed by atoms with van der Waals surface area (Å²) >= 11 is 1.77. The topological polar surface area (TPSA) is 67.8 Å². The Bertz CT molecular complexity index is 711. The van der Waals surface area contributed by atoms with Crippen molar-refractivity contribution in [1.29, 1.82) is 0 Å². The summed E-state index contributed by atoms with van der Waals surface area (Å²) in [6, 6.07) is 7.64. The van der Waals surface area contributed by atoms with Gasteiger partial charge in [0.25, 0.3) is 0 Å². The summed E-state index contributed by atoms with van der Waals surface area (Å²) in [5.74, 6) is 2.45. The molecule has 1 heterocycles. The molecule has 0 saturated heterocycles. The fourth-order valence-corrected chi connectivity index (χ4v) is 3.35. The lowest BCUT2D eigenvalue weighted by molar-refractivity contribution is 0.311. The maximum atomic E-state index is 5.75. The van der Waals surface area contributed by atoms with Gasteiger partial charge in [-0.2, -0.15) is 0 Å². The number of benzene rings is 1. The highest BCUT2D eigenvalue weighted by molar-refractivity contribution is 7.11. The van der Waals surface area contributed by atoms with E-state index in [-0.39, 0.29) is 0 Å². The summed E-state index contributed by atoms with van der Waals surface area (Å²) in [5.41, 5.74) is 1.13. The molecule has 0 spiro atoms. The van der Waals surface area contributed by atoms with E-state index in [0.717, 1.165) is 49.1 Å². The van der Waals surface area contributed by atoms with Crippen molar-refractivity contribution in [3.63, 3.8) is 0 Å². The third-order valence-corrected chi connectivity index (χ3v) is 5.06. The van der Waals surface area contributed by atoms with Crippen LogP contribution in [-0.2, 0) is 6.42 Å². The van der Waals surface area contributed by atoms with Crippen molar-refractivity contribution in [3.8, 4) is 11.5 Å². The molecule has 0 bridgehead atoms. The van der Waals surface area contributed by atoms with Gasteiger partial charge in [0.05, 0.1) is 24.4 Å². The van der Waals surface area contributed by atoms with Gasteiger partial charge in [0.2, 0.25) is 0 Å². The maximum absolute atomic E-state index is 5.75. The van der Waals surface area contributed by atoms with Gasteiger partial charge < -0.3 is 20.1 Å². The van der Waals surface area contributed by atoms with Crippen LogP contribution < -0.4 is 20.1 Å². The number of hydrogen-bond acceptors (Lipinski definition) is 5. The second-order valence-electron chi connectivity index (χ2n) is 6.07. The van der Waals surface area contributed by atoms with Gasteiger partial charge in [0, 0.05) is 43.4 Å². The minimum absolute atomic E-state index is 0.619. The normalized spacial score (nSPS) is 11.3. The zero-order chi connectivity index (χ0) is 19.5. The number of nitrogens with zero attached hydrogens (tertiary/aromatic N) is 2. The molecule has 0 radical (unpaired) electrons. The Labute approximate surface area is 166 Å². The van der Waals surface area contributed by atoms with Gasteiger partial charge in [0.15, 0.2) is 5.96 Å². The zero-order valence-electron chi connectivity index (χ0n) is 16.7. The van der Waals surface area contributed by atoms with Crippen LogP contribution >= 0.6 is 11.3 Å². The number of guanidine groups is 1. The van der Waals surface area contributed by atoms with E-state index < -0.39 is 0 Å². The Kier molecular flexibility index (Phi) is 8.91. The number of thiazole rings is 1. The first-order valence-corrected chi connectivity index (χ1v) is 10.2. The van der Waals surface area contributed by atoms with E-state index in [1.807, 2.05) is 24.3 Å². The number of aromatic nitrogens is 1. The van der Waals surface area contributed by atoms with Crippen LogP contribution in [0, 0.1) is 13.8 Å². The Hall–Kier alpha value is -2.28. The minimum atomic E-state index is 0.619. The number of aliphatic imine (C=N–C) groups is 1. The predicted octanol–water partition coefficient (Wildman–Crippen LogP) is 3.34. The average Bonchev–Trinajstić information content (AvgIpc) is 2.99. The van der Waals surface area contributed by atoms with Crippen LogP contribution in [0.4, 0.5) is 0 Å². The molecule has 0 aliphatic rings. The SMILES string of the molecule is CCNC(=NCCCOc1cccc(OC)c1)NCCc1nc(C)c(C)s1. The Morgan fingerprint density at radius 3 is 2.74 bits per heavy atom. The molecule has 0 atom stereocenters. The van der Waals surface area contributed by atoms with Crippen LogP contribution in [-0.4, -0.2) is 44.3 Å². The Morgan fingerprint density at radius 2 is 2.04 bits per heavy atom. The lowest BCUT2D eigenvalue weighted by Gasteiger charge is -2.11. The molecule has 1 aromatic carbocycles. The predicted molar refractivity (Wildman–Crippen MR) is 112 cm³/mol. The molecule has 0 aliphatic heterocycles. The number of hydrogen-bond donors (Lipinski definition) is 2. The van der Waals surface area contributed by atoms with Gasteiger partial charge in [0.1, 0.15) is 11.5 Å². The van der Waals surface area contributed by atoms with E-state index in [2.05, 4.69) is 41.4 Å². The van der Waals surface area contributed by atoms with E-state index >= 15 is 0 Å². The second kappa shape index (κ2) is 11.4. The van der Waals surface area contributed by atoms with Crippen LogP contribution in [0.1, 0.15) is 28.9 Å². The fourth-order valence-electron chi connectivity index (χ4n) is 2.41. The summed E-state index contributed by atoms with van der Waals surface area (Å²) in [5, 5.41) is 7.81. The lowest BCUT2D eigenvalue weighted by atomic mass is 10.3. The summed E-state index contributed by atoms with van der Waals surface area (Å²) < 4.78 is 10.9. The van der Waals surface area contributed by atoms with Crippen molar-refractivity contribution in [3.05, 3.63) is 39.8 Å². The highest BCUT2D eigenvalue weighted by Gasteiger charge is 2.04. The number of ether oxygens (including phenoxy) is 2. The van der Waals surface area contributed by atoms with Crippen molar-refractivity contribution in [2.45, 2.75) is 33.6 Å². The van der Waals surface area contributed by atoms with Crippen molar-refractivity contribution >= 4 is 17.3 Å². The van der Waals surface area contributed by atoms with E-state index in [0.29, 0.717) is 13.2 Å². The fraction of sp³-hybridized carbons (Fsp3) is 0.500. The van der Waals surface area contributed by atoms with Crippen molar-refractivity contribution < 1.29 is 9.47 Å². The lowest BCUT2D eigenvalue weighted by Crippen LogP contribution is -2.38. The van der Waals surface area contributed by atoms with E-state index in [4.69, 9.17) is 9.47 Å². The van der Waals surface area contributed by atoms with Gasteiger partial charge in [-0.05, 0) is 32.9 Å². The molecule has 0 unspecified atom stereocenters. The molecule has 0 amide bonds. The quantitative estimate of drug-likeness (QED) is 0.370. The van der Waals surface area contributed by atoms with Crippen LogP contribution in [0.2, 0.25) is 0 Å². The zero-order valence-corrected chi connectivity index (χ0v) is 17.5. The molecule has 1 aromatic heterocycles. The summed E-state index contributed by atoms with van der Waals surface area (Å²) in [7, 11) is 1.65. The molecular formula is C20H30N4O2S. The monoisotopic (exact) mass is 390 g/mol. The molecule has 27 heavy (non-hydrogen) atoms. The van der Waals surface area contributed by atoms with Crippen molar-refractivity contribution in [2.75, 3.05) is 33.4 Å². The molecule has 2 aromatic rings. The van der Waals surface area contributed by atoms with Crippen LogP contribution in [0.15, 0.2) is 29.3 Å². The number of aryl methyl sites for hydroxylation is 2. The first-order chi connectivity index (χ1) is 13.1. The highest BCUT2D eigenvalue weighted by Crippen LogP contribution is 2.19. The van der Waals surface area contributed by atoms with Crippen molar-refractivity contribution in [2.24, 2.45) is 4.99 Å². The molecule has 2 rings (SSSR count). The van der Waals surface area contributed by atoms with Gasteiger partial charge in [-0.3, -0.25) is 4.99 Å². The Morgan fingerprint density at radius 1 is 1.22 bits per heavy atom. The largest absolute Gasteiger partial charge is 0.497 e. The Balaban J connectivity index is 1.70. The third-order valence-electron chi connectivity index (χ3n) is 3.93. The van der Waals surface area contributed by atoms with Gasteiger partial charge in [-0.1, -0.05) is 6.07 Å². The molecule has 0 saturated carbocycles. The summed E-state index contributed by atoms with van der Waals surface area (Å²) in [6.07, 6.45) is 1.75. The van der Waals surface area contributed by atoms with Crippen LogP contribution in [0.3, 0.4) is 0 Å². The number of rotatable bonds is 10. The smallest absolute Gasteiger partial charge is 0.191 e. The first-order valence-electron chi connectivity index (χ1n) is 9.34. The van der Waals surface area contributed by atoms with Crippen LogP contribution in [0.25, 0.3) is 0 Å². The van der Waals surface area contributed by atoms with Gasteiger partial charge in [-0.25, -0.2) is 4.98 Å². The molecule has 2 N–H and O–H groups in total. The number of nitrogens with one attached hydrogen (secondary N) is 2. The molecular weight excluding hydrogens is 360 g/mol. The average molecular weight is 391 g/mol. The van der Waals surface area contributed by atoms with E-state index in [1.54, 1.807) is 18.4 Å². The van der Waals surface area contributed by atoms with E-state index in [1.165, 1.54) is 9.88 Å². The molecule has 6 nitrogen and oxygen atoms in total. The molecule has 7 heteroatoms. The maximum Gasteiger partial charge on any atom is 0.191 e. The van der Waals surface area contributed by atoms with E-state index in [9.17, 15) is 0 Å². The molecule has 148 valence electrons. The van der Waals surface area contributed by atoms with Gasteiger partial charge in [-0.15, -0.1) is 11.3 Å². The minimum Gasteiger partial charge on any atom is -0.497 e. The third kappa shape index (κ3) is 7.46. The summed E-state index contributed by atoms with van der Waals surface area (Å²) in [4.78, 5) is 10.5. The summed E-state index contributed by atoms with van der Waals surface area (Å²) in [6.45, 7) is 9.21. The highest BCUT2D eigenvalue weighted by atomic mass is 32.1. The number of methoxy groups -OCH3 is 1.